The standard InChI is InChI=1S/C22H35N3O2/c1-15(2)21(24-11-16(3)27-17(4)12-24)22(26)25-13-19(10-23)20(14-25)18-8-6-5-7-9-18/h5-9,15-17,19-21H,10-14,23H2,1-4H3/t16?,17?,19-,20+,21?/m1/s1. The maximum Gasteiger partial charge on any atom is 0.240 e. The number of rotatable bonds is 5. The molecule has 5 nitrogen and oxygen atoms in total. The first kappa shape index (κ1) is 20.3. The molecule has 0 saturated carbocycles. The molecule has 1 aromatic carbocycles. The predicted octanol–water partition coefficient (Wildman–Crippen LogP) is 2.32. The van der Waals surface area contributed by atoms with Gasteiger partial charge in [0.25, 0.3) is 0 Å². The summed E-state index contributed by atoms with van der Waals surface area (Å²) < 4.78 is 5.88. The minimum Gasteiger partial charge on any atom is -0.373 e. The summed E-state index contributed by atoms with van der Waals surface area (Å²) in [6, 6.07) is 10.4. The Morgan fingerprint density at radius 2 is 1.74 bits per heavy atom. The molecule has 0 aromatic heterocycles. The Morgan fingerprint density at radius 1 is 1.11 bits per heavy atom. The number of nitrogens with two attached hydrogens (primary N) is 1. The Bertz CT molecular complexity index is 611. The molecule has 5 heteroatoms. The third kappa shape index (κ3) is 4.53. The Balaban J connectivity index is 1.76. The molecule has 0 bridgehead atoms. The van der Waals surface area contributed by atoms with E-state index in [0.29, 0.717) is 18.4 Å². The van der Waals surface area contributed by atoms with Crippen LogP contribution in [0.1, 0.15) is 39.2 Å². The maximum atomic E-state index is 13.5. The normalized spacial score (nSPS) is 30.7. The third-order valence-corrected chi connectivity index (χ3v) is 6.01. The number of carbonyl (C=O) groups is 1. The van der Waals surface area contributed by atoms with Gasteiger partial charge in [0.15, 0.2) is 0 Å². The molecule has 5 atom stereocenters. The van der Waals surface area contributed by atoms with Gasteiger partial charge in [-0.25, -0.2) is 0 Å². The molecule has 2 fully saturated rings. The SMILES string of the molecule is CC1CN(C(C(=O)N2C[C@@H](CN)[C@H](c3ccccc3)C2)C(C)C)CC(C)O1. The van der Waals surface area contributed by atoms with Crippen molar-refractivity contribution >= 4 is 5.91 Å². The summed E-state index contributed by atoms with van der Waals surface area (Å²) >= 11 is 0. The van der Waals surface area contributed by atoms with Crippen LogP contribution in [0.15, 0.2) is 30.3 Å². The zero-order chi connectivity index (χ0) is 19.6. The van der Waals surface area contributed by atoms with Crippen LogP contribution in [0.2, 0.25) is 0 Å². The number of likely N-dealkylation sites (tertiary alicyclic amines) is 1. The van der Waals surface area contributed by atoms with Gasteiger partial charge < -0.3 is 15.4 Å². The number of amides is 1. The van der Waals surface area contributed by atoms with E-state index in [1.54, 1.807) is 0 Å². The second-order valence-electron chi connectivity index (χ2n) is 8.66. The largest absolute Gasteiger partial charge is 0.373 e. The molecule has 0 aliphatic carbocycles. The van der Waals surface area contributed by atoms with Gasteiger partial charge in [-0.3, -0.25) is 9.69 Å². The summed E-state index contributed by atoms with van der Waals surface area (Å²) in [5.41, 5.74) is 7.36. The maximum absolute atomic E-state index is 13.5. The Morgan fingerprint density at radius 3 is 2.30 bits per heavy atom. The number of morpholine rings is 1. The molecule has 0 spiro atoms. The van der Waals surface area contributed by atoms with Crippen LogP contribution >= 0.6 is 0 Å². The van der Waals surface area contributed by atoms with Gasteiger partial charge in [-0.05, 0) is 37.8 Å². The molecule has 1 amide bonds. The van der Waals surface area contributed by atoms with Crippen molar-refractivity contribution in [3.05, 3.63) is 35.9 Å². The number of ether oxygens (including phenoxy) is 1. The fourth-order valence-electron chi connectivity index (χ4n) is 4.86. The fourth-order valence-corrected chi connectivity index (χ4v) is 4.86. The van der Waals surface area contributed by atoms with Gasteiger partial charge in [0.1, 0.15) is 0 Å². The van der Waals surface area contributed by atoms with Crippen LogP contribution in [0.25, 0.3) is 0 Å². The molecular weight excluding hydrogens is 338 g/mol. The lowest BCUT2D eigenvalue weighted by molar-refractivity contribution is -0.144. The zero-order valence-electron chi connectivity index (χ0n) is 17.2. The smallest absolute Gasteiger partial charge is 0.240 e. The Hall–Kier alpha value is -1.43. The van der Waals surface area contributed by atoms with Crippen molar-refractivity contribution in [1.82, 2.24) is 9.80 Å². The third-order valence-electron chi connectivity index (χ3n) is 6.01. The van der Waals surface area contributed by atoms with E-state index in [1.165, 1.54) is 5.56 Å². The van der Waals surface area contributed by atoms with Gasteiger partial charge >= 0.3 is 0 Å². The van der Waals surface area contributed by atoms with Crippen LogP contribution in [0.3, 0.4) is 0 Å². The quantitative estimate of drug-likeness (QED) is 0.861. The van der Waals surface area contributed by atoms with Crippen molar-refractivity contribution < 1.29 is 9.53 Å². The Labute approximate surface area is 163 Å². The highest BCUT2D eigenvalue weighted by molar-refractivity contribution is 5.82. The van der Waals surface area contributed by atoms with Crippen LogP contribution in [0, 0.1) is 11.8 Å². The zero-order valence-corrected chi connectivity index (χ0v) is 17.2. The minimum absolute atomic E-state index is 0.0910. The minimum atomic E-state index is -0.0910. The summed E-state index contributed by atoms with van der Waals surface area (Å²) in [6.07, 6.45) is 0.325. The fraction of sp³-hybridized carbons (Fsp3) is 0.682. The molecule has 150 valence electrons. The van der Waals surface area contributed by atoms with Crippen LogP contribution in [0.5, 0.6) is 0 Å². The van der Waals surface area contributed by atoms with E-state index in [4.69, 9.17) is 10.5 Å². The molecule has 2 aliphatic rings. The molecule has 3 unspecified atom stereocenters. The molecule has 2 N–H and O–H groups in total. The molecule has 1 aromatic rings. The van der Waals surface area contributed by atoms with Gasteiger partial charge in [0.05, 0.1) is 18.2 Å². The number of nitrogens with zero attached hydrogens (tertiary/aromatic N) is 2. The van der Waals surface area contributed by atoms with Crippen molar-refractivity contribution in [2.45, 2.75) is 51.9 Å². The van der Waals surface area contributed by atoms with Crippen molar-refractivity contribution in [2.24, 2.45) is 17.6 Å². The first-order valence-corrected chi connectivity index (χ1v) is 10.3. The van der Waals surface area contributed by atoms with E-state index in [1.807, 2.05) is 6.07 Å². The van der Waals surface area contributed by atoms with E-state index in [0.717, 1.165) is 26.2 Å². The van der Waals surface area contributed by atoms with Gasteiger partial charge in [-0.15, -0.1) is 0 Å². The molecule has 3 rings (SSSR count). The molecule has 2 saturated heterocycles. The van der Waals surface area contributed by atoms with Crippen LogP contribution < -0.4 is 5.73 Å². The van der Waals surface area contributed by atoms with E-state index < -0.39 is 0 Å². The predicted molar refractivity (Wildman–Crippen MR) is 109 cm³/mol. The number of hydrogen-bond donors (Lipinski definition) is 1. The monoisotopic (exact) mass is 373 g/mol. The lowest BCUT2D eigenvalue weighted by Crippen LogP contribution is -2.57. The average Bonchev–Trinajstić information content (AvgIpc) is 3.06. The lowest BCUT2D eigenvalue weighted by atomic mass is 9.89. The summed E-state index contributed by atoms with van der Waals surface area (Å²) in [6.45, 7) is 12.3. The van der Waals surface area contributed by atoms with E-state index in [2.05, 4.69) is 61.8 Å². The molecule has 27 heavy (non-hydrogen) atoms. The first-order valence-electron chi connectivity index (χ1n) is 10.3. The van der Waals surface area contributed by atoms with Crippen LogP contribution in [0.4, 0.5) is 0 Å². The summed E-state index contributed by atoms with van der Waals surface area (Å²) in [5, 5.41) is 0. The van der Waals surface area contributed by atoms with Crippen LogP contribution in [-0.2, 0) is 9.53 Å². The second-order valence-corrected chi connectivity index (χ2v) is 8.66. The van der Waals surface area contributed by atoms with Crippen molar-refractivity contribution in [3.63, 3.8) is 0 Å². The lowest BCUT2D eigenvalue weighted by Gasteiger charge is -2.42. The number of carbonyl (C=O) groups excluding carboxylic acids is 1. The topological polar surface area (TPSA) is 58.8 Å². The summed E-state index contributed by atoms with van der Waals surface area (Å²) in [5.74, 6) is 1.17. The van der Waals surface area contributed by atoms with E-state index in [-0.39, 0.29) is 30.1 Å². The highest BCUT2D eigenvalue weighted by Gasteiger charge is 2.41. The molecule has 2 aliphatic heterocycles. The highest BCUT2D eigenvalue weighted by Crippen LogP contribution is 2.33. The molecular formula is C22H35N3O2. The van der Waals surface area contributed by atoms with E-state index in [9.17, 15) is 4.79 Å². The number of hydrogen-bond acceptors (Lipinski definition) is 4. The van der Waals surface area contributed by atoms with Crippen molar-refractivity contribution in [2.75, 3.05) is 32.7 Å². The molecule has 2 heterocycles. The van der Waals surface area contributed by atoms with Crippen molar-refractivity contribution in [1.29, 1.82) is 0 Å². The van der Waals surface area contributed by atoms with Crippen molar-refractivity contribution in [3.8, 4) is 0 Å². The average molecular weight is 374 g/mol. The highest BCUT2D eigenvalue weighted by atomic mass is 16.5. The van der Waals surface area contributed by atoms with Gasteiger partial charge in [-0.2, -0.15) is 0 Å². The molecule has 0 radical (unpaired) electrons. The summed E-state index contributed by atoms with van der Waals surface area (Å²) in [4.78, 5) is 17.9. The van der Waals surface area contributed by atoms with E-state index >= 15 is 0 Å². The Kier molecular flexibility index (Phi) is 6.56. The van der Waals surface area contributed by atoms with Gasteiger partial charge in [-0.1, -0.05) is 44.2 Å². The second kappa shape index (κ2) is 8.72. The van der Waals surface area contributed by atoms with Gasteiger partial charge in [0.2, 0.25) is 5.91 Å². The summed E-state index contributed by atoms with van der Waals surface area (Å²) in [7, 11) is 0. The number of benzene rings is 1. The van der Waals surface area contributed by atoms with Gasteiger partial charge in [0, 0.05) is 32.1 Å². The first-order chi connectivity index (χ1) is 12.9. The van der Waals surface area contributed by atoms with Crippen LogP contribution in [-0.4, -0.2) is 66.7 Å².